The van der Waals surface area contributed by atoms with Crippen molar-refractivity contribution in [2.45, 2.75) is 57.1 Å². The lowest BCUT2D eigenvalue weighted by molar-refractivity contribution is -0.140. The van der Waals surface area contributed by atoms with Crippen molar-refractivity contribution < 1.29 is 22.7 Å². The first-order valence-electron chi connectivity index (χ1n) is 15.4. The zero-order chi connectivity index (χ0) is 34.0. The summed E-state index contributed by atoms with van der Waals surface area (Å²) in [7, 11) is -4.21. The number of hydrogen-bond acceptors (Lipinski definition) is 5. The predicted molar refractivity (Wildman–Crippen MR) is 187 cm³/mol. The lowest BCUT2D eigenvalue weighted by Crippen LogP contribution is -2.54. The quantitative estimate of drug-likeness (QED) is 0.143. The number of nitrogens with zero attached hydrogens (tertiary/aromatic N) is 2. The first-order chi connectivity index (χ1) is 22.5. The van der Waals surface area contributed by atoms with Gasteiger partial charge in [-0.2, -0.15) is 0 Å². The van der Waals surface area contributed by atoms with Crippen molar-refractivity contribution in [2.75, 3.05) is 17.5 Å². The molecule has 8 nitrogen and oxygen atoms in total. The number of halogens is 2. The zero-order valence-corrected chi connectivity index (χ0v) is 28.9. The molecular formula is C36H39Cl2N3O5S. The first kappa shape index (κ1) is 35.8. The van der Waals surface area contributed by atoms with Crippen molar-refractivity contribution >= 4 is 50.7 Å². The molecule has 0 aliphatic carbocycles. The van der Waals surface area contributed by atoms with Gasteiger partial charge >= 0.3 is 0 Å². The standard InChI is InChI=1S/C36H39Cl2N3O5S/c1-4-26(3)39-36(43)34(23-27-12-8-6-9-13-27)40(24-28-16-21-32(37)33(38)22-28)35(42)25-41(29-17-19-30(20-18-29)46-5-2)47(44,45)31-14-10-7-11-15-31/h6-22,26,34H,4-5,23-25H2,1-3H3,(H,39,43)/t26-,34+/m1/s1. The minimum atomic E-state index is -4.21. The van der Waals surface area contributed by atoms with Gasteiger partial charge in [-0.15, -0.1) is 0 Å². The molecule has 0 aliphatic heterocycles. The Hall–Kier alpha value is -4.05. The van der Waals surface area contributed by atoms with Crippen LogP contribution in [0.25, 0.3) is 0 Å². The molecule has 0 saturated heterocycles. The van der Waals surface area contributed by atoms with Crippen LogP contribution in [0, 0.1) is 0 Å². The molecule has 1 N–H and O–H groups in total. The van der Waals surface area contributed by atoms with Crippen LogP contribution < -0.4 is 14.4 Å². The number of carbonyl (C=O) groups excluding carboxylic acids is 2. The monoisotopic (exact) mass is 695 g/mol. The van der Waals surface area contributed by atoms with Gasteiger partial charge in [0.05, 0.1) is 27.2 Å². The van der Waals surface area contributed by atoms with Gasteiger partial charge in [0.25, 0.3) is 10.0 Å². The van der Waals surface area contributed by atoms with Gasteiger partial charge in [0, 0.05) is 19.0 Å². The Balaban J connectivity index is 1.81. The molecule has 0 fully saturated rings. The van der Waals surface area contributed by atoms with Gasteiger partial charge < -0.3 is 15.0 Å². The Kier molecular flexibility index (Phi) is 12.7. The van der Waals surface area contributed by atoms with Crippen LogP contribution in [0.5, 0.6) is 5.75 Å². The van der Waals surface area contributed by atoms with Crippen molar-refractivity contribution in [3.05, 3.63) is 124 Å². The Labute approximate surface area is 287 Å². The molecule has 0 aromatic heterocycles. The molecule has 0 spiro atoms. The summed E-state index contributed by atoms with van der Waals surface area (Å²) in [4.78, 5) is 30.0. The number of carbonyl (C=O) groups is 2. The number of ether oxygens (including phenoxy) is 1. The summed E-state index contributed by atoms with van der Waals surface area (Å²) in [6, 6.07) is 27.7. The van der Waals surface area contributed by atoms with E-state index in [0.29, 0.717) is 34.4 Å². The molecule has 4 aromatic carbocycles. The Morgan fingerprint density at radius 3 is 2.06 bits per heavy atom. The molecule has 0 radical (unpaired) electrons. The number of hydrogen-bond donors (Lipinski definition) is 1. The zero-order valence-electron chi connectivity index (χ0n) is 26.6. The number of benzene rings is 4. The van der Waals surface area contributed by atoms with E-state index < -0.39 is 28.5 Å². The molecule has 11 heteroatoms. The largest absolute Gasteiger partial charge is 0.494 e. The molecule has 0 aliphatic rings. The fraction of sp³-hybridized carbons (Fsp3) is 0.278. The average Bonchev–Trinajstić information content (AvgIpc) is 3.08. The fourth-order valence-electron chi connectivity index (χ4n) is 4.95. The van der Waals surface area contributed by atoms with E-state index in [4.69, 9.17) is 27.9 Å². The summed E-state index contributed by atoms with van der Waals surface area (Å²) in [5, 5.41) is 3.67. The van der Waals surface area contributed by atoms with E-state index in [1.165, 1.54) is 17.0 Å². The fourth-order valence-corrected chi connectivity index (χ4v) is 6.71. The van der Waals surface area contributed by atoms with Crippen LogP contribution in [-0.4, -0.2) is 50.4 Å². The van der Waals surface area contributed by atoms with E-state index in [9.17, 15) is 18.0 Å². The summed E-state index contributed by atoms with van der Waals surface area (Å²) in [6.07, 6.45) is 0.885. The maximum atomic E-state index is 14.6. The molecular weight excluding hydrogens is 657 g/mol. The van der Waals surface area contributed by atoms with E-state index in [2.05, 4.69) is 5.32 Å². The normalized spacial score (nSPS) is 12.5. The van der Waals surface area contributed by atoms with Crippen LogP contribution in [0.4, 0.5) is 5.69 Å². The molecule has 4 aromatic rings. The lowest BCUT2D eigenvalue weighted by Gasteiger charge is -2.34. The van der Waals surface area contributed by atoms with Crippen LogP contribution in [-0.2, 0) is 32.6 Å². The molecule has 0 unspecified atom stereocenters. The second kappa shape index (κ2) is 16.7. The first-order valence-corrected chi connectivity index (χ1v) is 17.6. The summed E-state index contributed by atoms with van der Waals surface area (Å²) in [5.41, 5.74) is 1.73. The third-order valence-corrected chi connectivity index (χ3v) is 10.2. The van der Waals surface area contributed by atoms with Gasteiger partial charge in [-0.05, 0) is 79.9 Å². The van der Waals surface area contributed by atoms with Crippen LogP contribution in [0.3, 0.4) is 0 Å². The highest BCUT2D eigenvalue weighted by molar-refractivity contribution is 7.92. The van der Waals surface area contributed by atoms with E-state index in [-0.39, 0.29) is 35.5 Å². The SMILES string of the molecule is CCOc1ccc(N(CC(=O)N(Cc2ccc(Cl)c(Cl)c2)[C@@H](Cc2ccccc2)C(=O)N[C@H](C)CC)S(=O)(=O)c2ccccc2)cc1. The van der Waals surface area contributed by atoms with E-state index in [0.717, 1.165) is 9.87 Å². The lowest BCUT2D eigenvalue weighted by atomic mass is 10.0. The minimum Gasteiger partial charge on any atom is -0.494 e. The molecule has 47 heavy (non-hydrogen) atoms. The van der Waals surface area contributed by atoms with E-state index >= 15 is 0 Å². The van der Waals surface area contributed by atoms with Crippen LogP contribution in [0.1, 0.15) is 38.3 Å². The average molecular weight is 697 g/mol. The molecule has 0 bridgehead atoms. The smallest absolute Gasteiger partial charge is 0.264 e. The van der Waals surface area contributed by atoms with Crippen molar-refractivity contribution in [2.24, 2.45) is 0 Å². The number of anilines is 1. The van der Waals surface area contributed by atoms with E-state index in [1.807, 2.05) is 51.1 Å². The van der Waals surface area contributed by atoms with Gasteiger partial charge in [0.1, 0.15) is 18.3 Å². The third kappa shape index (κ3) is 9.50. The summed E-state index contributed by atoms with van der Waals surface area (Å²) < 4.78 is 34.9. The number of sulfonamides is 1. The number of amides is 2. The van der Waals surface area contributed by atoms with Crippen molar-refractivity contribution in [1.29, 1.82) is 0 Å². The second-order valence-electron chi connectivity index (χ2n) is 11.0. The number of rotatable bonds is 15. The van der Waals surface area contributed by atoms with Gasteiger partial charge in [0.15, 0.2) is 0 Å². The Bertz CT molecular complexity index is 1740. The third-order valence-electron chi connectivity index (χ3n) is 7.65. The Morgan fingerprint density at radius 1 is 0.830 bits per heavy atom. The molecule has 4 rings (SSSR count). The summed E-state index contributed by atoms with van der Waals surface area (Å²) in [6.45, 7) is 5.54. The van der Waals surface area contributed by atoms with Crippen molar-refractivity contribution in [3.63, 3.8) is 0 Å². The van der Waals surface area contributed by atoms with Crippen LogP contribution >= 0.6 is 23.2 Å². The van der Waals surface area contributed by atoms with Crippen LogP contribution in [0.2, 0.25) is 10.0 Å². The second-order valence-corrected chi connectivity index (χ2v) is 13.7. The molecule has 0 saturated carbocycles. The maximum Gasteiger partial charge on any atom is 0.264 e. The maximum absolute atomic E-state index is 14.6. The molecule has 248 valence electrons. The van der Waals surface area contributed by atoms with Crippen LogP contribution in [0.15, 0.2) is 108 Å². The molecule has 0 heterocycles. The molecule has 2 atom stereocenters. The van der Waals surface area contributed by atoms with Gasteiger partial charge in [0.2, 0.25) is 11.8 Å². The highest BCUT2D eigenvalue weighted by Crippen LogP contribution is 2.28. The molecule has 2 amide bonds. The van der Waals surface area contributed by atoms with Gasteiger partial charge in [-0.3, -0.25) is 13.9 Å². The van der Waals surface area contributed by atoms with Crippen molar-refractivity contribution in [3.8, 4) is 5.75 Å². The highest BCUT2D eigenvalue weighted by atomic mass is 35.5. The highest BCUT2D eigenvalue weighted by Gasteiger charge is 2.35. The van der Waals surface area contributed by atoms with Gasteiger partial charge in [-0.25, -0.2) is 8.42 Å². The predicted octanol–water partition coefficient (Wildman–Crippen LogP) is 7.14. The Morgan fingerprint density at radius 2 is 1.47 bits per heavy atom. The van der Waals surface area contributed by atoms with Crippen molar-refractivity contribution in [1.82, 2.24) is 10.2 Å². The van der Waals surface area contributed by atoms with E-state index in [1.54, 1.807) is 60.7 Å². The summed E-state index contributed by atoms with van der Waals surface area (Å²) >= 11 is 12.5. The summed E-state index contributed by atoms with van der Waals surface area (Å²) in [5.74, 6) is -0.370. The number of nitrogens with one attached hydrogen (secondary N) is 1. The minimum absolute atomic E-state index is 0.0214. The topological polar surface area (TPSA) is 96.0 Å². The van der Waals surface area contributed by atoms with Gasteiger partial charge in [-0.1, -0.05) is 84.7 Å².